The summed E-state index contributed by atoms with van der Waals surface area (Å²) in [5, 5.41) is 12.5. The molecule has 2 aromatic carbocycles. The van der Waals surface area contributed by atoms with Crippen LogP contribution in [0.1, 0.15) is 18.9 Å². The largest absolute Gasteiger partial charge is 0.334 e. The highest BCUT2D eigenvalue weighted by molar-refractivity contribution is 5.80. The molecular weight excluding hydrogens is 302 g/mol. The Morgan fingerprint density at radius 2 is 2.00 bits per heavy atom. The van der Waals surface area contributed by atoms with E-state index in [4.69, 9.17) is 4.52 Å². The zero-order valence-corrected chi connectivity index (χ0v) is 13.6. The molecule has 4 aromatic rings. The Morgan fingerprint density at radius 1 is 1.08 bits per heavy atom. The minimum absolute atomic E-state index is 0.517. The lowest BCUT2D eigenvalue weighted by molar-refractivity contribution is 0.432. The molecule has 120 valence electrons. The van der Waals surface area contributed by atoms with Crippen molar-refractivity contribution in [1.82, 2.24) is 25.1 Å². The second-order valence-corrected chi connectivity index (χ2v) is 5.81. The van der Waals surface area contributed by atoms with E-state index in [1.165, 1.54) is 0 Å². The summed E-state index contributed by atoms with van der Waals surface area (Å²) in [5.41, 5.74) is 4.80. The second kappa shape index (κ2) is 5.88. The quantitative estimate of drug-likeness (QED) is 0.571. The van der Waals surface area contributed by atoms with Crippen LogP contribution < -0.4 is 0 Å². The van der Waals surface area contributed by atoms with Crippen molar-refractivity contribution in [2.75, 3.05) is 0 Å². The van der Waals surface area contributed by atoms with E-state index in [0.29, 0.717) is 11.7 Å². The fourth-order valence-corrected chi connectivity index (χ4v) is 2.72. The van der Waals surface area contributed by atoms with E-state index in [0.717, 1.165) is 40.7 Å². The Kier molecular flexibility index (Phi) is 3.57. The van der Waals surface area contributed by atoms with E-state index in [2.05, 4.69) is 27.4 Å². The summed E-state index contributed by atoms with van der Waals surface area (Å²) in [6, 6.07) is 13.9. The Balaban J connectivity index is 1.70. The molecule has 0 saturated carbocycles. The molecule has 0 unspecified atom stereocenters. The van der Waals surface area contributed by atoms with E-state index < -0.39 is 0 Å². The van der Waals surface area contributed by atoms with E-state index in [1.54, 1.807) is 0 Å². The molecule has 0 radical (unpaired) electrons. The Labute approximate surface area is 139 Å². The van der Waals surface area contributed by atoms with Gasteiger partial charge in [0.1, 0.15) is 5.52 Å². The smallest absolute Gasteiger partial charge is 0.258 e. The molecule has 24 heavy (non-hydrogen) atoms. The van der Waals surface area contributed by atoms with Crippen LogP contribution in [0.5, 0.6) is 0 Å². The highest BCUT2D eigenvalue weighted by atomic mass is 16.5. The molecule has 0 spiro atoms. The molecule has 4 rings (SSSR count). The molecule has 0 aliphatic heterocycles. The number of hydrogen-bond acceptors (Lipinski definition) is 5. The van der Waals surface area contributed by atoms with Crippen LogP contribution in [0.15, 0.2) is 47.0 Å². The van der Waals surface area contributed by atoms with Crippen molar-refractivity contribution in [1.29, 1.82) is 0 Å². The van der Waals surface area contributed by atoms with Crippen LogP contribution in [0.2, 0.25) is 0 Å². The summed E-state index contributed by atoms with van der Waals surface area (Å²) < 4.78 is 7.32. The molecule has 0 saturated heterocycles. The first-order chi connectivity index (χ1) is 11.7. The number of benzene rings is 2. The van der Waals surface area contributed by atoms with E-state index in [9.17, 15) is 0 Å². The third-order valence-corrected chi connectivity index (χ3v) is 3.90. The highest BCUT2D eigenvalue weighted by Gasteiger charge is 2.12. The van der Waals surface area contributed by atoms with Crippen molar-refractivity contribution in [3.8, 4) is 22.8 Å². The molecule has 6 heteroatoms. The number of nitrogens with zero attached hydrogens (tertiary/aromatic N) is 5. The van der Waals surface area contributed by atoms with Crippen molar-refractivity contribution < 1.29 is 4.52 Å². The number of aromatic nitrogens is 5. The Morgan fingerprint density at radius 3 is 2.83 bits per heavy atom. The zero-order valence-electron chi connectivity index (χ0n) is 13.6. The van der Waals surface area contributed by atoms with Crippen LogP contribution in [0.4, 0.5) is 0 Å². The minimum atomic E-state index is 0.517. The average Bonchev–Trinajstić information content (AvgIpc) is 3.22. The van der Waals surface area contributed by atoms with Crippen LogP contribution >= 0.6 is 0 Å². The van der Waals surface area contributed by atoms with Crippen molar-refractivity contribution in [2.45, 2.75) is 26.8 Å². The van der Waals surface area contributed by atoms with Crippen LogP contribution in [0, 0.1) is 6.92 Å². The van der Waals surface area contributed by atoms with Gasteiger partial charge in [0.25, 0.3) is 5.89 Å². The first-order valence-corrected chi connectivity index (χ1v) is 7.99. The fraction of sp³-hybridized carbons (Fsp3) is 0.222. The van der Waals surface area contributed by atoms with Gasteiger partial charge < -0.3 is 4.52 Å². The summed E-state index contributed by atoms with van der Waals surface area (Å²) in [5.74, 6) is 1.07. The van der Waals surface area contributed by atoms with Crippen molar-refractivity contribution in [2.24, 2.45) is 0 Å². The van der Waals surface area contributed by atoms with Crippen LogP contribution in [-0.2, 0) is 6.54 Å². The molecular formula is C18H17N5O. The number of rotatable bonds is 4. The molecule has 0 amide bonds. The van der Waals surface area contributed by atoms with Gasteiger partial charge in [-0.1, -0.05) is 35.0 Å². The third kappa shape index (κ3) is 2.56. The van der Waals surface area contributed by atoms with Gasteiger partial charge in [-0.05, 0) is 43.7 Å². The molecule has 0 atom stereocenters. The Bertz CT molecular complexity index is 1000. The fourth-order valence-electron chi connectivity index (χ4n) is 2.72. The lowest BCUT2D eigenvalue weighted by Crippen LogP contribution is -1.98. The average molecular weight is 319 g/mol. The Hall–Kier alpha value is -3.02. The lowest BCUT2D eigenvalue weighted by Gasteiger charge is -1.99. The minimum Gasteiger partial charge on any atom is -0.334 e. The summed E-state index contributed by atoms with van der Waals surface area (Å²) in [4.78, 5) is 4.51. The van der Waals surface area contributed by atoms with E-state index >= 15 is 0 Å². The maximum absolute atomic E-state index is 5.41. The van der Waals surface area contributed by atoms with Crippen LogP contribution in [-0.4, -0.2) is 25.1 Å². The first-order valence-electron chi connectivity index (χ1n) is 7.99. The molecule has 6 nitrogen and oxygen atoms in total. The van der Waals surface area contributed by atoms with Gasteiger partial charge in [-0.25, -0.2) is 4.68 Å². The predicted octanol–water partition coefficient (Wildman–Crippen LogP) is 3.87. The predicted molar refractivity (Wildman–Crippen MR) is 91.3 cm³/mol. The monoisotopic (exact) mass is 319 g/mol. The number of aryl methyl sites for hydroxylation is 2. The van der Waals surface area contributed by atoms with Gasteiger partial charge in [0.2, 0.25) is 5.82 Å². The molecule has 0 fully saturated rings. The van der Waals surface area contributed by atoms with Crippen LogP contribution in [0.25, 0.3) is 33.9 Å². The summed E-state index contributed by atoms with van der Waals surface area (Å²) in [6.07, 6.45) is 1.02. The van der Waals surface area contributed by atoms with Gasteiger partial charge in [-0.2, -0.15) is 4.98 Å². The SMILES string of the molecule is CCCn1nnc2cc(-c3noc(-c4cccc(C)c4)n3)ccc21. The highest BCUT2D eigenvalue weighted by Crippen LogP contribution is 2.25. The molecule has 2 heterocycles. The summed E-state index contributed by atoms with van der Waals surface area (Å²) in [7, 11) is 0. The second-order valence-electron chi connectivity index (χ2n) is 5.81. The van der Waals surface area contributed by atoms with Gasteiger partial charge in [0.15, 0.2) is 0 Å². The lowest BCUT2D eigenvalue weighted by atomic mass is 10.1. The molecule has 0 bridgehead atoms. The molecule has 0 aliphatic rings. The van der Waals surface area contributed by atoms with Gasteiger partial charge in [-0.3, -0.25) is 0 Å². The van der Waals surface area contributed by atoms with Crippen molar-refractivity contribution >= 4 is 11.0 Å². The molecule has 0 N–H and O–H groups in total. The van der Waals surface area contributed by atoms with Gasteiger partial charge >= 0.3 is 0 Å². The molecule has 0 aliphatic carbocycles. The third-order valence-electron chi connectivity index (χ3n) is 3.90. The normalized spacial score (nSPS) is 11.2. The topological polar surface area (TPSA) is 69.6 Å². The van der Waals surface area contributed by atoms with Gasteiger partial charge in [0.05, 0.1) is 5.52 Å². The first kappa shape index (κ1) is 14.6. The number of hydrogen-bond donors (Lipinski definition) is 0. The van der Waals surface area contributed by atoms with Gasteiger partial charge in [-0.15, -0.1) is 5.10 Å². The van der Waals surface area contributed by atoms with Crippen molar-refractivity contribution in [3.05, 3.63) is 48.0 Å². The van der Waals surface area contributed by atoms with Gasteiger partial charge in [0, 0.05) is 17.7 Å². The maximum Gasteiger partial charge on any atom is 0.258 e. The summed E-state index contributed by atoms with van der Waals surface area (Å²) >= 11 is 0. The molecule has 2 aromatic heterocycles. The van der Waals surface area contributed by atoms with Crippen LogP contribution in [0.3, 0.4) is 0 Å². The van der Waals surface area contributed by atoms with Crippen molar-refractivity contribution in [3.63, 3.8) is 0 Å². The van der Waals surface area contributed by atoms with E-state index in [1.807, 2.05) is 54.1 Å². The standard InChI is InChI=1S/C18H17N5O/c1-3-9-23-16-8-7-13(11-15(16)20-22-23)17-19-18(24-21-17)14-6-4-5-12(2)10-14/h4-8,10-11H,3,9H2,1-2H3. The zero-order chi connectivity index (χ0) is 16.5. The summed E-state index contributed by atoms with van der Waals surface area (Å²) in [6.45, 7) is 5.01. The van der Waals surface area contributed by atoms with E-state index in [-0.39, 0.29) is 0 Å². The number of fused-ring (bicyclic) bond motifs is 1. The maximum atomic E-state index is 5.41.